The van der Waals surface area contributed by atoms with Gasteiger partial charge in [-0.1, -0.05) is 51.4 Å². The van der Waals surface area contributed by atoms with Crippen molar-refractivity contribution in [2.45, 2.75) is 64.2 Å². The zero-order chi connectivity index (χ0) is 10.5. The van der Waals surface area contributed by atoms with Crippen molar-refractivity contribution in [1.29, 1.82) is 5.26 Å². The second-order valence-corrected chi connectivity index (χ2v) is 10.6. The van der Waals surface area contributed by atoms with E-state index in [-0.39, 0.29) is 0 Å². The third kappa shape index (κ3) is 3.52. The number of hydrogen-bond donors (Lipinski definition) is 0. The van der Waals surface area contributed by atoms with Gasteiger partial charge in [0.05, 0.1) is 14.1 Å². The van der Waals surface area contributed by atoms with Gasteiger partial charge in [0.15, 0.2) is 0 Å². The number of unbranched alkanes of at least 4 members (excludes halogenated alkanes) is 1. The van der Waals surface area contributed by atoms with Gasteiger partial charge in [-0.05, 0) is 6.42 Å². The zero-order valence-electron chi connectivity index (χ0n) is 9.72. The van der Waals surface area contributed by atoms with Crippen LogP contribution in [0.1, 0.15) is 40.5 Å². The quantitative estimate of drug-likeness (QED) is 0.479. The highest BCUT2D eigenvalue weighted by molar-refractivity contribution is 6.81. The van der Waals surface area contributed by atoms with Gasteiger partial charge in [0, 0.05) is 6.42 Å². The fourth-order valence-electron chi connectivity index (χ4n) is 1.79. The monoisotopic (exact) mass is 197 g/mol. The van der Waals surface area contributed by atoms with Gasteiger partial charge in [0.1, 0.15) is 0 Å². The van der Waals surface area contributed by atoms with E-state index in [2.05, 4.69) is 40.3 Å². The number of nitriles is 1. The lowest BCUT2D eigenvalue weighted by atomic mass is 10.4. The second kappa shape index (κ2) is 5.44. The molecule has 0 aliphatic heterocycles. The highest BCUT2D eigenvalue weighted by Crippen LogP contribution is 2.36. The van der Waals surface area contributed by atoms with Crippen LogP contribution in [-0.2, 0) is 0 Å². The summed E-state index contributed by atoms with van der Waals surface area (Å²) < 4.78 is 0. The van der Waals surface area contributed by atoms with Crippen LogP contribution in [0.15, 0.2) is 0 Å². The first-order valence-corrected chi connectivity index (χ1v) is 8.18. The summed E-state index contributed by atoms with van der Waals surface area (Å²) in [6.07, 6.45) is 1.84. The maximum atomic E-state index is 8.51. The summed E-state index contributed by atoms with van der Waals surface area (Å²) in [4.78, 5) is 0. The molecule has 0 aromatic rings. The van der Waals surface area contributed by atoms with Crippen LogP contribution >= 0.6 is 0 Å². The molecule has 13 heavy (non-hydrogen) atoms. The van der Waals surface area contributed by atoms with E-state index >= 15 is 0 Å². The maximum Gasteiger partial charge on any atom is 0.0621 e. The lowest BCUT2D eigenvalue weighted by molar-refractivity contribution is 0.836. The number of rotatable bonds is 5. The van der Waals surface area contributed by atoms with Crippen molar-refractivity contribution >= 4 is 8.07 Å². The third-order valence-electron chi connectivity index (χ3n) is 3.64. The molecule has 0 saturated carbocycles. The van der Waals surface area contributed by atoms with Gasteiger partial charge in [-0.25, -0.2) is 0 Å². The lowest BCUT2D eigenvalue weighted by Gasteiger charge is -2.35. The van der Waals surface area contributed by atoms with Crippen LogP contribution in [-0.4, -0.2) is 8.07 Å². The first kappa shape index (κ1) is 12.7. The molecule has 0 radical (unpaired) electrons. The van der Waals surface area contributed by atoms with Crippen LogP contribution in [0.5, 0.6) is 0 Å². The van der Waals surface area contributed by atoms with Gasteiger partial charge >= 0.3 is 0 Å². The first-order valence-electron chi connectivity index (χ1n) is 5.32. The molecule has 1 nitrogen and oxygen atoms in total. The Labute approximate surface area is 84.2 Å². The molecule has 0 rings (SSSR count). The second-order valence-electron chi connectivity index (χ2n) is 4.83. The van der Waals surface area contributed by atoms with E-state index in [0.29, 0.717) is 0 Å². The topological polar surface area (TPSA) is 23.8 Å². The van der Waals surface area contributed by atoms with Crippen molar-refractivity contribution in [3.8, 4) is 6.07 Å². The summed E-state index contributed by atoms with van der Waals surface area (Å²) in [6.45, 7) is 11.9. The van der Waals surface area contributed by atoms with Gasteiger partial charge in [-0.3, -0.25) is 0 Å². The Morgan fingerprint density at radius 3 is 1.92 bits per heavy atom. The molecular formula is C11H23NSi. The Morgan fingerprint density at radius 1 is 1.15 bits per heavy atom. The van der Waals surface area contributed by atoms with Crippen molar-refractivity contribution in [1.82, 2.24) is 0 Å². The summed E-state index contributed by atoms with van der Waals surface area (Å²) in [5, 5.41) is 8.51. The molecular weight excluding hydrogens is 174 g/mol. The molecule has 0 aliphatic carbocycles. The van der Waals surface area contributed by atoms with Crippen LogP contribution in [0.3, 0.4) is 0 Å². The predicted octanol–water partition coefficient (Wildman–Crippen LogP) is 4.19. The highest BCUT2D eigenvalue weighted by atomic mass is 28.3. The first-order chi connectivity index (χ1) is 5.95. The molecule has 0 aromatic heterocycles. The molecule has 76 valence electrons. The van der Waals surface area contributed by atoms with Gasteiger partial charge in [0.2, 0.25) is 0 Å². The Bertz CT molecular complexity index is 171. The summed E-state index contributed by atoms with van der Waals surface area (Å²) in [6, 6.07) is 3.56. The zero-order valence-corrected chi connectivity index (χ0v) is 10.7. The van der Waals surface area contributed by atoms with E-state index in [0.717, 1.165) is 23.9 Å². The van der Waals surface area contributed by atoms with E-state index in [1.165, 1.54) is 6.04 Å². The SMILES string of the molecule is CC(C)[Si](C)(CCCC#N)C(C)C. The largest absolute Gasteiger partial charge is 0.198 e. The minimum absolute atomic E-state index is 0.738. The van der Waals surface area contributed by atoms with Crippen LogP contribution in [0.25, 0.3) is 0 Å². The van der Waals surface area contributed by atoms with Gasteiger partial charge in [0.25, 0.3) is 0 Å². The molecule has 0 fully saturated rings. The molecule has 0 aromatic carbocycles. The molecule has 0 unspecified atom stereocenters. The summed E-state index contributed by atoms with van der Waals surface area (Å²) in [7, 11) is -1.09. The minimum Gasteiger partial charge on any atom is -0.198 e. The molecule has 0 atom stereocenters. The van der Waals surface area contributed by atoms with Crippen molar-refractivity contribution in [3.63, 3.8) is 0 Å². The summed E-state index contributed by atoms with van der Waals surface area (Å²) in [5.74, 6) is 0. The molecule has 0 aliphatic rings. The van der Waals surface area contributed by atoms with Crippen LogP contribution in [0, 0.1) is 11.3 Å². The van der Waals surface area contributed by atoms with Gasteiger partial charge in [-0.2, -0.15) is 5.26 Å². The van der Waals surface area contributed by atoms with Crippen molar-refractivity contribution in [2.24, 2.45) is 0 Å². The van der Waals surface area contributed by atoms with E-state index in [9.17, 15) is 0 Å². The average molecular weight is 197 g/mol. The fraction of sp³-hybridized carbons (Fsp3) is 0.909. The lowest BCUT2D eigenvalue weighted by Crippen LogP contribution is -2.37. The van der Waals surface area contributed by atoms with E-state index in [1.54, 1.807) is 0 Å². The van der Waals surface area contributed by atoms with Crippen LogP contribution < -0.4 is 0 Å². The van der Waals surface area contributed by atoms with Crippen LogP contribution in [0.4, 0.5) is 0 Å². The molecule has 0 heterocycles. The fourth-order valence-corrected chi connectivity index (χ4v) is 5.22. The standard InChI is InChI=1S/C11H23NSi/c1-10(2)13(5,11(3)4)9-7-6-8-12/h10-11H,6-7,9H2,1-5H3. The maximum absolute atomic E-state index is 8.51. The number of nitrogens with zero attached hydrogens (tertiary/aromatic N) is 1. The van der Waals surface area contributed by atoms with Gasteiger partial charge in [-0.15, -0.1) is 0 Å². The van der Waals surface area contributed by atoms with Gasteiger partial charge < -0.3 is 0 Å². The number of hydrogen-bond acceptors (Lipinski definition) is 1. The van der Waals surface area contributed by atoms with Crippen molar-refractivity contribution in [2.75, 3.05) is 0 Å². The smallest absolute Gasteiger partial charge is 0.0621 e. The minimum atomic E-state index is -1.09. The Hall–Kier alpha value is -0.293. The van der Waals surface area contributed by atoms with E-state index in [1.807, 2.05) is 0 Å². The summed E-state index contributed by atoms with van der Waals surface area (Å²) in [5.41, 5.74) is 1.68. The van der Waals surface area contributed by atoms with E-state index in [4.69, 9.17) is 5.26 Å². The normalized spacial score (nSPS) is 12.2. The van der Waals surface area contributed by atoms with Crippen molar-refractivity contribution in [3.05, 3.63) is 0 Å². The molecule has 0 amide bonds. The Kier molecular flexibility index (Phi) is 5.32. The predicted molar refractivity (Wildman–Crippen MR) is 61.5 cm³/mol. The summed E-state index contributed by atoms with van der Waals surface area (Å²) >= 11 is 0. The van der Waals surface area contributed by atoms with Crippen LogP contribution in [0.2, 0.25) is 23.7 Å². The molecule has 0 spiro atoms. The van der Waals surface area contributed by atoms with Crippen molar-refractivity contribution < 1.29 is 0 Å². The molecule has 0 bridgehead atoms. The molecule has 0 N–H and O–H groups in total. The van der Waals surface area contributed by atoms with E-state index < -0.39 is 8.07 Å². The Balaban J connectivity index is 4.19. The molecule has 2 heteroatoms. The average Bonchev–Trinajstić information content (AvgIpc) is 2.03. The Morgan fingerprint density at radius 2 is 1.62 bits per heavy atom. The molecule has 0 saturated heterocycles. The highest BCUT2D eigenvalue weighted by Gasteiger charge is 2.33. The third-order valence-corrected chi connectivity index (χ3v) is 10.3.